The molecule has 0 aliphatic rings. The maximum atomic E-state index is 11.9. The molecule has 100 valence electrons. The van der Waals surface area contributed by atoms with E-state index >= 15 is 0 Å². The van der Waals surface area contributed by atoms with Crippen molar-refractivity contribution in [3.63, 3.8) is 0 Å². The first kappa shape index (κ1) is 13.3. The third-order valence-corrected chi connectivity index (χ3v) is 2.64. The van der Waals surface area contributed by atoms with Gasteiger partial charge in [-0.2, -0.15) is 0 Å². The van der Waals surface area contributed by atoms with Crippen molar-refractivity contribution in [3.8, 4) is 5.69 Å². The van der Waals surface area contributed by atoms with Crippen molar-refractivity contribution in [1.29, 1.82) is 0 Å². The Kier molecular flexibility index (Phi) is 3.66. The molecule has 2 aromatic rings. The lowest BCUT2D eigenvalue weighted by Crippen LogP contribution is -2.45. The normalized spacial score (nSPS) is 11.3. The molecule has 2 rings (SSSR count). The molecule has 5 nitrogen and oxygen atoms in total. The highest BCUT2D eigenvalue weighted by molar-refractivity contribution is 5.94. The Hall–Kier alpha value is -2.14. The molecular weight excluding hydrogens is 240 g/mol. The summed E-state index contributed by atoms with van der Waals surface area (Å²) in [5.41, 5.74) is 7.00. The predicted octanol–water partition coefficient (Wildman–Crippen LogP) is 1.34. The van der Waals surface area contributed by atoms with Crippen LogP contribution >= 0.6 is 0 Å². The van der Waals surface area contributed by atoms with E-state index in [1.807, 2.05) is 36.7 Å². The summed E-state index contributed by atoms with van der Waals surface area (Å²) in [5, 5.41) is 2.81. The summed E-state index contributed by atoms with van der Waals surface area (Å²) >= 11 is 0. The first-order chi connectivity index (χ1) is 8.96. The number of hydrogen-bond donors (Lipinski definition) is 2. The summed E-state index contributed by atoms with van der Waals surface area (Å²) in [6, 6.07) is 7.33. The second-order valence-corrected chi connectivity index (χ2v) is 5.19. The fourth-order valence-electron chi connectivity index (χ4n) is 1.61. The Balaban J connectivity index is 2.04. The van der Waals surface area contributed by atoms with Gasteiger partial charge in [-0.15, -0.1) is 0 Å². The molecular formula is C14H18N4O. The van der Waals surface area contributed by atoms with E-state index in [1.165, 1.54) is 0 Å². The summed E-state index contributed by atoms with van der Waals surface area (Å²) in [6.45, 7) is 4.18. The molecule has 19 heavy (non-hydrogen) atoms. The summed E-state index contributed by atoms with van der Waals surface area (Å²) in [4.78, 5) is 15.9. The van der Waals surface area contributed by atoms with Crippen LogP contribution in [0.3, 0.4) is 0 Å². The van der Waals surface area contributed by atoms with Crippen LogP contribution in [0.15, 0.2) is 43.0 Å². The second-order valence-electron chi connectivity index (χ2n) is 5.19. The molecule has 0 spiro atoms. The average molecular weight is 258 g/mol. The first-order valence-electron chi connectivity index (χ1n) is 6.11. The maximum Gasteiger partial charge on any atom is 0.251 e. The number of amides is 1. The van der Waals surface area contributed by atoms with Gasteiger partial charge in [-0.3, -0.25) is 4.79 Å². The van der Waals surface area contributed by atoms with Crippen LogP contribution in [-0.4, -0.2) is 27.5 Å². The van der Waals surface area contributed by atoms with Crippen LogP contribution < -0.4 is 11.1 Å². The van der Waals surface area contributed by atoms with E-state index in [9.17, 15) is 4.79 Å². The number of aromatic nitrogens is 2. The predicted molar refractivity (Wildman–Crippen MR) is 74.2 cm³/mol. The fraction of sp³-hybridized carbons (Fsp3) is 0.286. The van der Waals surface area contributed by atoms with Gasteiger partial charge in [-0.05, 0) is 38.1 Å². The van der Waals surface area contributed by atoms with Gasteiger partial charge in [0.15, 0.2) is 0 Å². The van der Waals surface area contributed by atoms with Crippen LogP contribution in [0.2, 0.25) is 0 Å². The van der Waals surface area contributed by atoms with Crippen molar-refractivity contribution in [1.82, 2.24) is 14.9 Å². The topological polar surface area (TPSA) is 72.9 Å². The lowest BCUT2D eigenvalue weighted by Gasteiger charge is -2.18. The minimum absolute atomic E-state index is 0.115. The zero-order valence-electron chi connectivity index (χ0n) is 11.1. The van der Waals surface area contributed by atoms with Gasteiger partial charge in [-0.1, -0.05) is 0 Å². The van der Waals surface area contributed by atoms with E-state index < -0.39 is 5.54 Å². The molecule has 0 unspecified atom stereocenters. The smallest absolute Gasteiger partial charge is 0.251 e. The van der Waals surface area contributed by atoms with E-state index in [-0.39, 0.29) is 5.91 Å². The van der Waals surface area contributed by atoms with Gasteiger partial charge in [0.05, 0.1) is 6.33 Å². The molecule has 3 N–H and O–H groups in total. The molecule has 0 saturated heterocycles. The summed E-state index contributed by atoms with van der Waals surface area (Å²) in [5.74, 6) is -0.115. The zero-order chi connectivity index (χ0) is 13.9. The third-order valence-electron chi connectivity index (χ3n) is 2.64. The fourth-order valence-corrected chi connectivity index (χ4v) is 1.61. The lowest BCUT2D eigenvalue weighted by molar-refractivity contribution is 0.0946. The Morgan fingerprint density at radius 1 is 1.37 bits per heavy atom. The Morgan fingerprint density at radius 3 is 2.58 bits per heavy atom. The van der Waals surface area contributed by atoms with Gasteiger partial charge in [0, 0.05) is 35.7 Å². The molecule has 0 radical (unpaired) electrons. The quantitative estimate of drug-likeness (QED) is 0.869. The Morgan fingerprint density at radius 2 is 2.05 bits per heavy atom. The van der Waals surface area contributed by atoms with Gasteiger partial charge in [-0.25, -0.2) is 4.98 Å². The van der Waals surface area contributed by atoms with Crippen LogP contribution in [0.4, 0.5) is 0 Å². The van der Waals surface area contributed by atoms with Crippen molar-refractivity contribution in [2.75, 3.05) is 6.54 Å². The largest absolute Gasteiger partial charge is 0.350 e. The summed E-state index contributed by atoms with van der Waals surface area (Å²) in [7, 11) is 0. The highest BCUT2D eigenvalue weighted by atomic mass is 16.1. The van der Waals surface area contributed by atoms with Gasteiger partial charge in [0.2, 0.25) is 0 Å². The van der Waals surface area contributed by atoms with Gasteiger partial charge < -0.3 is 15.6 Å². The molecule has 1 aromatic carbocycles. The zero-order valence-corrected chi connectivity index (χ0v) is 11.1. The SMILES string of the molecule is CC(C)(N)CNC(=O)c1ccc(-n2ccnc2)cc1. The van der Waals surface area contributed by atoms with Crippen LogP contribution in [0, 0.1) is 0 Å². The molecule has 0 aliphatic carbocycles. The minimum atomic E-state index is -0.410. The molecule has 0 fully saturated rings. The highest BCUT2D eigenvalue weighted by Gasteiger charge is 2.13. The van der Waals surface area contributed by atoms with Crippen molar-refractivity contribution < 1.29 is 4.79 Å². The summed E-state index contributed by atoms with van der Waals surface area (Å²) in [6.07, 6.45) is 5.28. The molecule has 1 amide bonds. The van der Waals surface area contributed by atoms with Crippen LogP contribution in [-0.2, 0) is 0 Å². The van der Waals surface area contributed by atoms with Gasteiger partial charge in [0.25, 0.3) is 5.91 Å². The number of nitrogens with one attached hydrogen (secondary N) is 1. The number of nitrogens with zero attached hydrogens (tertiary/aromatic N) is 2. The standard InChI is InChI=1S/C14H18N4O/c1-14(2,15)9-17-13(19)11-3-5-12(6-4-11)18-8-7-16-10-18/h3-8,10H,9,15H2,1-2H3,(H,17,19). The van der Waals surface area contributed by atoms with Gasteiger partial charge >= 0.3 is 0 Å². The molecule has 1 heterocycles. The number of imidazole rings is 1. The summed E-state index contributed by atoms with van der Waals surface area (Å²) < 4.78 is 1.88. The van der Waals surface area contributed by atoms with E-state index in [4.69, 9.17) is 5.73 Å². The third kappa shape index (κ3) is 3.66. The molecule has 5 heteroatoms. The van der Waals surface area contributed by atoms with E-state index in [0.29, 0.717) is 12.1 Å². The van der Waals surface area contributed by atoms with E-state index in [2.05, 4.69) is 10.3 Å². The van der Waals surface area contributed by atoms with Gasteiger partial charge in [0.1, 0.15) is 0 Å². The van der Waals surface area contributed by atoms with Crippen LogP contribution in [0.25, 0.3) is 5.69 Å². The maximum absolute atomic E-state index is 11.9. The molecule has 0 aliphatic heterocycles. The molecule has 1 aromatic heterocycles. The second kappa shape index (κ2) is 5.24. The van der Waals surface area contributed by atoms with Crippen molar-refractivity contribution in [2.24, 2.45) is 5.73 Å². The van der Waals surface area contributed by atoms with E-state index in [1.54, 1.807) is 24.7 Å². The van der Waals surface area contributed by atoms with Crippen LogP contribution in [0.5, 0.6) is 0 Å². The lowest BCUT2D eigenvalue weighted by atomic mass is 10.1. The van der Waals surface area contributed by atoms with E-state index in [0.717, 1.165) is 5.69 Å². The molecule has 0 saturated carbocycles. The minimum Gasteiger partial charge on any atom is -0.350 e. The Labute approximate surface area is 112 Å². The van der Waals surface area contributed by atoms with Crippen LogP contribution in [0.1, 0.15) is 24.2 Å². The number of benzene rings is 1. The number of carbonyl (C=O) groups excluding carboxylic acids is 1. The molecule has 0 bridgehead atoms. The Bertz CT molecular complexity index is 538. The van der Waals surface area contributed by atoms with Crippen molar-refractivity contribution in [2.45, 2.75) is 19.4 Å². The number of carbonyl (C=O) groups is 1. The van der Waals surface area contributed by atoms with Crippen molar-refractivity contribution >= 4 is 5.91 Å². The number of hydrogen-bond acceptors (Lipinski definition) is 3. The first-order valence-corrected chi connectivity index (χ1v) is 6.11. The number of rotatable bonds is 4. The highest BCUT2D eigenvalue weighted by Crippen LogP contribution is 2.09. The van der Waals surface area contributed by atoms with Crippen molar-refractivity contribution in [3.05, 3.63) is 48.5 Å². The monoisotopic (exact) mass is 258 g/mol. The number of nitrogens with two attached hydrogens (primary N) is 1. The average Bonchev–Trinajstić information content (AvgIpc) is 2.89. The molecule has 0 atom stereocenters.